The zero-order valence-corrected chi connectivity index (χ0v) is 15.7. The van der Waals surface area contributed by atoms with Gasteiger partial charge in [-0.2, -0.15) is 0 Å². The Hall–Kier alpha value is -2.81. The summed E-state index contributed by atoms with van der Waals surface area (Å²) in [5, 5.41) is 38.0. The van der Waals surface area contributed by atoms with Gasteiger partial charge in [0.1, 0.15) is 5.39 Å². The Morgan fingerprint density at radius 2 is 1.79 bits per heavy atom. The minimum Gasteiger partial charge on any atom is -0.394 e. The smallest absolute Gasteiger partial charge is 0.280 e. The van der Waals surface area contributed by atoms with E-state index in [9.17, 15) is 20.3 Å². The molecule has 28 heavy (non-hydrogen) atoms. The van der Waals surface area contributed by atoms with Crippen molar-refractivity contribution in [3.05, 3.63) is 52.6 Å². The highest BCUT2D eigenvalue weighted by Gasteiger charge is 2.21. The maximum Gasteiger partial charge on any atom is 0.280 e. The molecule has 0 amide bonds. The lowest BCUT2D eigenvalue weighted by atomic mass is 10.1. The Balaban J connectivity index is 1.89. The second kappa shape index (κ2) is 8.47. The third-order valence-electron chi connectivity index (χ3n) is 4.79. The number of nitro groups is 1. The second-order valence-corrected chi connectivity index (χ2v) is 7.02. The SMILES string of the molecule is CC(CO)(CO)NCCCNc1c2ccccc2nc2cccc([N+](=O)[O-])c12. The van der Waals surface area contributed by atoms with Gasteiger partial charge in [0.25, 0.3) is 5.69 Å². The summed E-state index contributed by atoms with van der Waals surface area (Å²) in [5.41, 5.74) is 1.32. The van der Waals surface area contributed by atoms with Gasteiger partial charge in [-0.15, -0.1) is 0 Å². The van der Waals surface area contributed by atoms with Gasteiger partial charge in [-0.25, -0.2) is 4.98 Å². The Morgan fingerprint density at radius 3 is 2.50 bits per heavy atom. The summed E-state index contributed by atoms with van der Waals surface area (Å²) in [6, 6.07) is 12.4. The van der Waals surface area contributed by atoms with Crippen LogP contribution >= 0.6 is 0 Å². The summed E-state index contributed by atoms with van der Waals surface area (Å²) < 4.78 is 0. The molecule has 0 fully saturated rings. The van der Waals surface area contributed by atoms with Crippen molar-refractivity contribution in [1.82, 2.24) is 10.3 Å². The predicted molar refractivity (Wildman–Crippen MR) is 110 cm³/mol. The van der Waals surface area contributed by atoms with Gasteiger partial charge < -0.3 is 20.8 Å². The van der Waals surface area contributed by atoms with Crippen molar-refractivity contribution in [2.75, 3.05) is 31.6 Å². The van der Waals surface area contributed by atoms with Crippen LogP contribution in [0.15, 0.2) is 42.5 Å². The number of aliphatic hydroxyl groups excluding tert-OH is 2. The van der Waals surface area contributed by atoms with Crippen LogP contribution in [-0.4, -0.2) is 52.0 Å². The lowest BCUT2D eigenvalue weighted by molar-refractivity contribution is -0.383. The van der Waals surface area contributed by atoms with Crippen LogP contribution in [0, 0.1) is 10.1 Å². The van der Waals surface area contributed by atoms with E-state index in [2.05, 4.69) is 15.6 Å². The molecule has 0 radical (unpaired) electrons. The molecule has 0 spiro atoms. The number of aliphatic hydroxyl groups is 2. The molecule has 2 aromatic carbocycles. The van der Waals surface area contributed by atoms with E-state index in [0.717, 1.165) is 10.9 Å². The Bertz CT molecular complexity index is 989. The molecular formula is C20H24N4O4. The minimum atomic E-state index is -0.727. The topological polar surface area (TPSA) is 121 Å². The fourth-order valence-electron chi connectivity index (χ4n) is 3.11. The zero-order valence-electron chi connectivity index (χ0n) is 15.7. The number of hydrogen-bond acceptors (Lipinski definition) is 7. The molecule has 0 aliphatic rings. The predicted octanol–water partition coefficient (Wildman–Crippen LogP) is 2.43. The molecule has 0 saturated heterocycles. The number of nitrogens with one attached hydrogen (secondary N) is 2. The molecule has 0 saturated carbocycles. The van der Waals surface area contributed by atoms with Crippen molar-refractivity contribution in [2.45, 2.75) is 18.9 Å². The molecule has 8 heteroatoms. The van der Waals surface area contributed by atoms with Gasteiger partial charge in [0.2, 0.25) is 0 Å². The Morgan fingerprint density at radius 1 is 1.07 bits per heavy atom. The molecule has 0 aliphatic carbocycles. The van der Waals surface area contributed by atoms with Crippen LogP contribution in [0.25, 0.3) is 21.8 Å². The molecule has 8 nitrogen and oxygen atoms in total. The number of para-hydroxylation sites is 1. The molecule has 0 aliphatic heterocycles. The Labute approximate surface area is 162 Å². The van der Waals surface area contributed by atoms with Crippen molar-refractivity contribution in [2.24, 2.45) is 0 Å². The number of fused-ring (bicyclic) bond motifs is 2. The molecular weight excluding hydrogens is 360 g/mol. The molecule has 1 aromatic heterocycles. The van der Waals surface area contributed by atoms with Crippen molar-refractivity contribution in [1.29, 1.82) is 0 Å². The first-order chi connectivity index (χ1) is 13.5. The lowest BCUT2D eigenvalue weighted by Gasteiger charge is -2.26. The summed E-state index contributed by atoms with van der Waals surface area (Å²) in [5.74, 6) is 0. The average molecular weight is 384 g/mol. The number of nitrogens with zero attached hydrogens (tertiary/aromatic N) is 2. The number of benzene rings is 2. The highest BCUT2D eigenvalue weighted by molar-refractivity contribution is 6.11. The van der Waals surface area contributed by atoms with E-state index in [1.165, 1.54) is 6.07 Å². The standard InChI is InChI=1S/C20H24N4O4/c1-20(12-25,13-26)22-11-5-10-21-19-14-6-2-3-7-15(14)23-16-8-4-9-17(18(16)19)24(27)28/h2-4,6-9,22,25-26H,5,10-13H2,1H3,(H,21,23). The largest absolute Gasteiger partial charge is 0.394 e. The van der Waals surface area contributed by atoms with E-state index in [4.69, 9.17) is 0 Å². The summed E-state index contributed by atoms with van der Waals surface area (Å²) >= 11 is 0. The molecule has 4 N–H and O–H groups in total. The van der Waals surface area contributed by atoms with Gasteiger partial charge >= 0.3 is 0 Å². The average Bonchev–Trinajstić information content (AvgIpc) is 2.72. The number of nitro benzene ring substituents is 1. The van der Waals surface area contributed by atoms with Crippen LogP contribution in [-0.2, 0) is 0 Å². The van der Waals surface area contributed by atoms with Gasteiger partial charge in [-0.05, 0) is 32.0 Å². The van der Waals surface area contributed by atoms with Crippen molar-refractivity contribution >= 4 is 33.2 Å². The van der Waals surface area contributed by atoms with E-state index < -0.39 is 5.54 Å². The molecule has 0 bridgehead atoms. The molecule has 0 unspecified atom stereocenters. The van der Waals surface area contributed by atoms with Gasteiger partial charge in [-0.3, -0.25) is 10.1 Å². The van der Waals surface area contributed by atoms with Crippen LogP contribution in [0.3, 0.4) is 0 Å². The first-order valence-electron chi connectivity index (χ1n) is 9.15. The second-order valence-electron chi connectivity index (χ2n) is 7.02. The normalized spacial score (nSPS) is 11.8. The lowest BCUT2D eigenvalue weighted by Crippen LogP contribution is -2.49. The maximum atomic E-state index is 11.5. The van der Waals surface area contributed by atoms with E-state index in [-0.39, 0.29) is 23.8 Å². The molecule has 148 valence electrons. The van der Waals surface area contributed by atoms with E-state index in [0.29, 0.717) is 36.1 Å². The molecule has 0 atom stereocenters. The fourth-order valence-corrected chi connectivity index (χ4v) is 3.11. The van der Waals surface area contributed by atoms with Crippen molar-refractivity contribution < 1.29 is 15.1 Å². The van der Waals surface area contributed by atoms with Gasteiger partial charge in [-0.1, -0.05) is 24.3 Å². The van der Waals surface area contributed by atoms with Crippen LogP contribution in [0.5, 0.6) is 0 Å². The summed E-state index contributed by atoms with van der Waals surface area (Å²) in [7, 11) is 0. The number of rotatable bonds is 9. The third-order valence-corrected chi connectivity index (χ3v) is 4.79. The van der Waals surface area contributed by atoms with Crippen LogP contribution in [0.1, 0.15) is 13.3 Å². The summed E-state index contributed by atoms with van der Waals surface area (Å²) in [4.78, 5) is 15.7. The fraction of sp³-hybridized carbons (Fsp3) is 0.350. The molecule has 3 rings (SSSR count). The number of pyridine rings is 1. The number of hydrogen-bond donors (Lipinski definition) is 4. The van der Waals surface area contributed by atoms with E-state index >= 15 is 0 Å². The van der Waals surface area contributed by atoms with Crippen LogP contribution in [0.4, 0.5) is 11.4 Å². The number of non-ortho nitro benzene ring substituents is 1. The number of anilines is 1. The van der Waals surface area contributed by atoms with E-state index in [1.54, 1.807) is 19.1 Å². The first kappa shape index (κ1) is 19.9. The summed E-state index contributed by atoms with van der Waals surface area (Å²) in [6.07, 6.45) is 0.703. The highest BCUT2D eigenvalue weighted by Crippen LogP contribution is 2.36. The van der Waals surface area contributed by atoms with Gasteiger partial charge in [0, 0.05) is 18.0 Å². The minimum absolute atomic E-state index is 0.0181. The van der Waals surface area contributed by atoms with Crippen molar-refractivity contribution in [3.8, 4) is 0 Å². The van der Waals surface area contributed by atoms with Gasteiger partial charge in [0.05, 0.1) is 40.4 Å². The third kappa shape index (κ3) is 4.04. The molecule has 3 aromatic rings. The van der Waals surface area contributed by atoms with Crippen LogP contribution < -0.4 is 10.6 Å². The van der Waals surface area contributed by atoms with Gasteiger partial charge in [0.15, 0.2) is 0 Å². The number of aromatic nitrogens is 1. The van der Waals surface area contributed by atoms with Crippen molar-refractivity contribution in [3.63, 3.8) is 0 Å². The zero-order chi connectivity index (χ0) is 20.1. The van der Waals surface area contributed by atoms with E-state index in [1.807, 2.05) is 24.3 Å². The van der Waals surface area contributed by atoms with Crippen LogP contribution in [0.2, 0.25) is 0 Å². The monoisotopic (exact) mass is 384 g/mol. The first-order valence-corrected chi connectivity index (χ1v) is 9.15. The quantitative estimate of drug-likeness (QED) is 0.193. The highest BCUT2D eigenvalue weighted by atomic mass is 16.6. The maximum absolute atomic E-state index is 11.5. The molecule has 1 heterocycles. The summed E-state index contributed by atoms with van der Waals surface area (Å²) in [6.45, 7) is 2.56. The Kier molecular flexibility index (Phi) is 6.03.